The van der Waals surface area contributed by atoms with Crippen molar-refractivity contribution >= 4 is 57.2 Å². The summed E-state index contributed by atoms with van der Waals surface area (Å²) in [7, 11) is 0. The smallest absolute Gasteiger partial charge is 0.246 e. The highest BCUT2D eigenvalue weighted by Gasteiger charge is 2.52. The average molecular weight is 904 g/mol. The number of carbonyl (C=O) groups is 6. The van der Waals surface area contributed by atoms with Crippen molar-refractivity contribution in [3.05, 3.63) is 72.1 Å². The first-order valence-corrected chi connectivity index (χ1v) is 24.3. The number of aromatic amines is 2. The van der Waals surface area contributed by atoms with Gasteiger partial charge < -0.3 is 51.9 Å². The van der Waals surface area contributed by atoms with Gasteiger partial charge in [0.1, 0.15) is 35.7 Å². The number of hydrogen-bond acceptors (Lipinski definition) is 8. The summed E-state index contributed by atoms with van der Waals surface area (Å²) in [5.41, 5.74) is 7.94. The van der Waals surface area contributed by atoms with Crippen molar-refractivity contribution in [2.75, 3.05) is 19.7 Å². The van der Waals surface area contributed by atoms with E-state index in [2.05, 4.69) is 31.2 Å². The molecular formula is C50H65N9O7. The summed E-state index contributed by atoms with van der Waals surface area (Å²) in [5.74, 6) is -2.92. The molecule has 2 aromatic heterocycles. The van der Waals surface area contributed by atoms with E-state index in [0.717, 1.165) is 58.6 Å². The van der Waals surface area contributed by atoms with Gasteiger partial charge in [0.25, 0.3) is 0 Å². The van der Waals surface area contributed by atoms with Gasteiger partial charge in [0, 0.05) is 66.2 Å². The number of carbonyl (C=O) groups excluding carboxylic acids is 6. The number of nitrogens with two attached hydrogens (primary N) is 1. The van der Waals surface area contributed by atoms with E-state index in [-0.39, 0.29) is 56.2 Å². The summed E-state index contributed by atoms with van der Waals surface area (Å²) in [6.45, 7) is 0.453. The number of rotatable bonds is 10. The molecule has 16 heteroatoms. The molecule has 66 heavy (non-hydrogen) atoms. The molecule has 3 saturated heterocycles. The van der Waals surface area contributed by atoms with Crippen LogP contribution >= 0.6 is 0 Å². The zero-order chi connectivity index (χ0) is 46.0. The third kappa shape index (κ3) is 9.05. The third-order valence-electron chi connectivity index (χ3n) is 15.5. The van der Waals surface area contributed by atoms with E-state index < -0.39 is 65.3 Å². The number of aliphatic hydroxyl groups is 1. The van der Waals surface area contributed by atoms with Gasteiger partial charge in [0.15, 0.2) is 0 Å². The van der Waals surface area contributed by atoms with Gasteiger partial charge in [-0.05, 0) is 106 Å². The van der Waals surface area contributed by atoms with Crippen molar-refractivity contribution in [3.8, 4) is 0 Å². The van der Waals surface area contributed by atoms with Crippen molar-refractivity contribution in [1.29, 1.82) is 0 Å². The fourth-order valence-corrected chi connectivity index (χ4v) is 12.0. The summed E-state index contributed by atoms with van der Waals surface area (Å²) in [4.78, 5) is 100. The largest absolute Gasteiger partial charge is 0.396 e. The van der Waals surface area contributed by atoms with Crippen molar-refractivity contribution in [2.24, 2.45) is 17.6 Å². The van der Waals surface area contributed by atoms with Gasteiger partial charge in [-0.3, -0.25) is 28.8 Å². The van der Waals surface area contributed by atoms with E-state index >= 15 is 9.59 Å². The van der Waals surface area contributed by atoms with Gasteiger partial charge in [0.2, 0.25) is 35.4 Å². The number of nitrogens with one attached hydrogen (secondary N) is 6. The van der Waals surface area contributed by atoms with Gasteiger partial charge in [-0.25, -0.2) is 0 Å². The number of aromatic nitrogens is 2. The summed E-state index contributed by atoms with van der Waals surface area (Å²) < 4.78 is 0. The molecule has 2 aromatic carbocycles. The third-order valence-corrected chi connectivity index (χ3v) is 15.5. The number of nitrogens with zero attached hydrogens (tertiary/aromatic N) is 2. The lowest BCUT2D eigenvalue weighted by Gasteiger charge is -2.38. The van der Waals surface area contributed by atoms with Gasteiger partial charge in [-0.2, -0.15) is 0 Å². The monoisotopic (exact) mass is 904 g/mol. The predicted molar refractivity (Wildman–Crippen MR) is 248 cm³/mol. The van der Waals surface area contributed by atoms with E-state index in [9.17, 15) is 24.3 Å². The van der Waals surface area contributed by atoms with Crippen LogP contribution in [0.3, 0.4) is 0 Å². The summed E-state index contributed by atoms with van der Waals surface area (Å²) in [5, 5.41) is 24.2. The van der Waals surface area contributed by atoms with Crippen LogP contribution < -0.4 is 27.0 Å². The quantitative estimate of drug-likeness (QED) is 0.117. The van der Waals surface area contributed by atoms with Crippen LogP contribution in [0, 0.1) is 11.8 Å². The number of amides is 6. The molecule has 0 radical (unpaired) electrons. The van der Waals surface area contributed by atoms with Crippen molar-refractivity contribution in [1.82, 2.24) is 41.0 Å². The molecule has 2 saturated carbocycles. The Morgan fingerprint density at radius 1 is 0.682 bits per heavy atom. The Hall–Kier alpha value is -5.74. The molecule has 8 atom stereocenters. The summed E-state index contributed by atoms with van der Waals surface area (Å²) in [6, 6.07) is 10.1. The number of aliphatic hydroxyl groups excluding tert-OH is 1. The molecule has 3 aliphatic heterocycles. The molecule has 16 nitrogen and oxygen atoms in total. The minimum absolute atomic E-state index is 0.0678. The van der Waals surface area contributed by atoms with Crippen LogP contribution in [-0.4, -0.2) is 122 Å². The Kier molecular flexibility index (Phi) is 13.5. The number of hydrogen-bond donors (Lipinski definition) is 8. The van der Waals surface area contributed by atoms with Gasteiger partial charge in [-0.15, -0.1) is 0 Å². The van der Waals surface area contributed by atoms with Crippen LogP contribution in [0.5, 0.6) is 0 Å². The molecule has 5 heterocycles. The summed E-state index contributed by atoms with van der Waals surface area (Å²) >= 11 is 0. The Morgan fingerprint density at radius 2 is 1.32 bits per heavy atom. The lowest BCUT2D eigenvalue weighted by Crippen LogP contribution is -2.65. The van der Waals surface area contributed by atoms with Gasteiger partial charge in [-0.1, -0.05) is 62.1 Å². The molecule has 1 spiro atoms. The van der Waals surface area contributed by atoms with E-state index in [4.69, 9.17) is 5.73 Å². The zero-order valence-electron chi connectivity index (χ0n) is 37.7. The number of fused-ring (bicyclic) bond motifs is 6. The van der Waals surface area contributed by atoms with E-state index in [1.807, 2.05) is 60.9 Å². The maximum atomic E-state index is 15.2. The maximum Gasteiger partial charge on any atom is 0.246 e. The highest BCUT2D eigenvalue weighted by Crippen LogP contribution is 2.41. The highest BCUT2D eigenvalue weighted by molar-refractivity contribution is 6.00. The highest BCUT2D eigenvalue weighted by atomic mass is 16.3. The van der Waals surface area contributed by atoms with Crippen LogP contribution in [0.4, 0.5) is 0 Å². The normalized spacial score (nSPS) is 28.1. The van der Waals surface area contributed by atoms with E-state index in [1.165, 1.54) is 0 Å². The van der Waals surface area contributed by atoms with Crippen LogP contribution in [0.1, 0.15) is 101 Å². The number of para-hydroxylation sites is 2. The first-order valence-electron chi connectivity index (χ1n) is 24.3. The van der Waals surface area contributed by atoms with Gasteiger partial charge in [0.05, 0.1) is 0 Å². The Balaban J connectivity index is 1.13. The Bertz CT molecular complexity index is 2440. The topological polar surface area (TPSA) is 235 Å². The molecule has 4 aromatic rings. The molecule has 5 fully saturated rings. The molecular weight excluding hydrogens is 839 g/mol. The second-order valence-corrected chi connectivity index (χ2v) is 19.5. The molecule has 1 unspecified atom stereocenters. The van der Waals surface area contributed by atoms with Crippen LogP contribution in [0.25, 0.3) is 21.8 Å². The molecule has 9 N–H and O–H groups in total. The Morgan fingerprint density at radius 3 is 1.98 bits per heavy atom. The lowest BCUT2D eigenvalue weighted by atomic mass is 9.84. The molecule has 352 valence electrons. The lowest BCUT2D eigenvalue weighted by molar-refractivity contribution is -0.150. The number of H-pyrrole nitrogens is 2. The minimum atomic E-state index is -1.40. The Labute approximate surface area is 384 Å². The first kappa shape index (κ1) is 45.4. The fourth-order valence-electron chi connectivity index (χ4n) is 12.0. The fraction of sp³-hybridized carbons (Fsp3) is 0.560. The van der Waals surface area contributed by atoms with Crippen LogP contribution in [0.2, 0.25) is 0 Å². The maximum absolute atomic E-state index is 15.2. The van der Waals surface area contributed by atoms with Crippen LogP contribution in [0.15, 0.2) is 60.9 Å². The van der Waals surface area contributed by atoms with Crippen molar-refractivity contribution in [3.63, 3.8) is 0 Å². The van der Waals surface area contributed by atoms with Crippen molar-refractivity contribution < 1.29 is 33.9 Å². The average Bonchev–Trinajstić information content (AvgIpc) is 4.19. The summed E-state index contributed by atoms with van der Waals surface area (Å²) in [6.07, 6.45) is 11.6. The molecule has 5 aliphatic rings. The zero-order valence-corrected chi connectivity index (χ0v) is 37.7. The molecule has 9 rings (SSSR count). The number of benzene rings is 2. The molecule has 2 aliphatic carbocycles. The molecule has 0 bridgehead atoms. The SMILES string of the molecule is NCCC(CCO)C[C@@H]1NC(=O)[C@H](Cc2c[nH]c3ccccc23)NC(=O)C2(CCCC2)NC(=O)[C@H](Cc2c[nH]c3ccccc23)NC(=O)[C@@H]2C[C@@H]3CCCC[C@@H]3N2C(=O)[C@H]2CCCN2C1=O. The molecule has 6 amide bonds. The first-order chi connectivity index (χ1) is 32.1. The second-order valence-electron chi connectivity index (χ2n) is 19.5. The van der Waals surface area contributed by atoms with E-state index in [1.54, 1.807) is 9.80 Å². The second kappa shape index (κ2) is 19.6. The predicted octanol–water partition coefficient (Wildman–Crippen LogP) is 3.22. The standard InChI is InChI=1S/C50H65N9O7/c51-21-17-30(18-23-60)24-40-47(64)58-22-9-16-42(58)48(65)59-41-15-6-1-10-31(41)27-43(59)46(63)54-39(26-33-29-53-37-14-5-3-12-35(33)37)45(62)57-50(19-7-8-20-50)49(66)56-38(44(61)55-40)25-32-28-52-36-13-4-2-11-34(32)36/h2-5,11-14,28-31,38-43,52-53,60H,1,6-10,15-27,51H2,(H,54,63)(H,55,61)(H,56,66)(H,57,62)/t30?,31-,38-,39-,40-,41-,42+,43-/m0/s1. The van der Waals surface area contributed by atoms with Crippen LogP contribution in [-0.2, 0) is 41.6 Å². The van der Waals surface area contributed by atoms with E-state index in [0.29, 0.717) is 64.3 Å². The van der Waals surface area contributed by atoms with Gasteiger partial charge >= 0.3 is 0 Å². The van der Waals surface area contributed by atoms with Crippen molar-refractivity contribution in [2.45, 2.75) is 145 Å². The minimum Gasteiger partial charge on any atom is -0.396 e.